The number of allylic oxidation sites excluding steroid dienone is 1. The third-order valence-electron chi connectivity index (χ3n) is 3.51. The minimum atomic E-state index is -0.128. The Kier molecular flexibility index (Phi) is 3.27. The van der Waals surface area contributed by atoms with E-state index in [2.05, 4.69) is 5.32 Å². The number of ketones is 1. The van der Waals surface area contributed by atoms with Gasteiger partial charge >= 0.3 is 0 Å². The highest BCUT2D eigenvalue weighted by atomic mass is 16.7. The fraction of sp³-hybridized carbons (Fsp3) is 0.118. The molecule has 2 aliphatic heterocycles. The van der Waals surface area contributed by atoms with E-state index in [1.807, 2.05) is 18.2 Å². The third-order valence-corrected chi connectivity index (χ3v) is 3.51. The Balaban J connectivity index is 1.43. The molecule has 2 aromatic carbocycles. The molecule has 116 valence electrons. The minimum Gasteiger partial charge on any atom is -0.454 e. The van der Waals surface area contributed by atoms with Crippen LogP contribution in [0.5, 0.6) is 23.0 Å². The first-order valence-corrected chi connectivity index (χ1v) is 7.06. The molecule has 6 heteroatoms. The molecule has 0 radical (unpaired) electrons. The standard InChI is InChI=1S/C17H13NO5/c19-13(11-1-3-14-16(7-11)22-9-20-14)5-6-18-12-2-4-15-17(8-12)23-10-21-15/h1-8,18H,9-10H2/b6-5-. The van der Waals surface area contributed by atoms with E-state index >= 15 is 0 Å². The fourth-order valence-electron chi connectivity index (χ4n) is 2.35. The molecule has 4 rings (SSSR count). The van der Waals surface area contributed by atoms with Crippen molar-refractivity contribution in [1.82, 2.24) is 0 Å². The molecule has 2 aromatic rings. The number of nitrogens with one attached hydrogen (secondary N) is 1. The van der Waals surface area contributed by atoms with Gasteiger partial charge in [-0.3, -0.25) is 4.79 Å². The van der Waals surface area contributed by atoms with E-state index in [9.17, 15) is 4.79 Å². The normalized spacial score (nSPS) is 14.3. The molecule has 0 bridgehead atoms. The maximum Gasteiger partial charge on any atom is 0.231 e. The van der Waals surface area contributed by atoms with Gasteiger partial charge in [-0.1, -0.05) is 0 Å². The lowest BCUT2D eigenvalue weighted by Crippen LogP contribution is -1.96. The molecular weight excluding hydrogens is 298 g/mol. The van der Waals surface area contributed by atoms with Crippen LogP contribution in [0.15, 0.2) is 48.7 Å². The zero-order valence-electron chi connectivity index (χ0n) is 12.1. The van der Waals surface area contributed by atoms with Gasteiger partial charge in [0.15, 0.2) is 28.8 Å². The van der Waals surface area contributed by atoms with E-state index in [0.29, 0.717) is 22.8 Å². The number of rotatable bonds is 4. The summed E-state index contributed by atoms with van der Waals surface area (Å²) in [6.07, 6.45) is 3.05. The van der Waals surface area contributed by atoms with Gasteiger partial charge in [-0.15, -0.1) is 0 Å². The van der Waals surface area contributed by atoms with Gasteiger partial charge in [0.05, 0.1) is 0 Å². The average molecular weight is 311 g/mol. The van der Waals surface area contributed by atoms with Gasteiger partial charge in [-0.2, -0.15) is 0 Å². The average Bonchev–Trinajstić information content (AvgIpc) is 3.22. The molecule has 1 N–H and O–H groups in total. The summed E-state index contributed by atoms with van der Waals surface area (Å²) in [6, 6.07) is 10.6. The molecular formula is C17H13NO5. The molecule has 0 atom stereocenters. The molecule has 0 fully saturated rings. The second kappa shape index (κ2) is 5.57. The van der Waals surface area contributed by atoms with E-state index in [1.165, 1.54) is 6.08 Å². The molecule has 0 unspecified atom stereocenters. The van der Waals surface area contributed by atoms with Gasteiger partial charge in [-0.05, 0) is 30.3 Å². The van der Waals surface area contributed by atoms with Gasteiger partial charge < -0.3 is 24.3 Å². The van der Waals surface area contributed by atoms with Crippen molar-refractivity contribution in [2.45, 2.75) is 0 Å². The van der Waals surface area contributed by atoms with Crippen LogP contribution in [0.3, 0.4) is 0 Å². The summed E-state index contributed by atoms with van der Waals surface area (Å²) >= 11 is 0. The number of hydrogen-bond acceptors (Lipinski definition) is 6. The van der Waals surface area contributed by atoms with Crippen LogP contribution >= 0.6 is 0 Å². The Bertz CT molecular complexity index is 800. The van der Waals surface area contributed by atoms with Crippen LogP contribution in [0.4, 0.5) is 5.69 Å². The molecule has 6 nitrogen and oxygen atoms in total. The summed E-state index contributed by atoms with van der Waals surface area (Å²) in [6.45, 7) is 0.422. The second-order valence-corrected chi connectivity index (χ2v) is 4.98. The first-order valence-electron chi connectivity index (χ1n) is 7.06. The number of anilines is 1. The van der Waals surface area contributed by atoms with E-state index in [1.54, 1.807) is 24.4 Å². The van der Waals surface area contributed by atoms with Crippen molar-refractivity contribution in [2.75, 3.05) is 18.9 Å². The maximum atomic E-state index is 12.2. The Hall–Kier alpha value is -3.15. The lowest BCUT2D eigenvalue weighted by molar-refractivity contribution is 0.104. The van der Waals surface area contributed by atoms with Gasteiger partial charge in [0.25, 0.3) is 0 Å². The molecule has 0 aliphatic carbocycles. The number of ether oxygens (including phenoxy) is 4. The van der Waals surface area contributed by atoms with Crippen molar-refractivity contribution >= 4 is 11.5 Å². The SMILES string of the molecule is O=C(/C=C\Nc1ccc2c(c1)OCO2)c1ccc2c(c1)OCO2. The number of fused-ring (bicyclic) bond motifs is 2. The predicted molar refractivity (Wildman–Crippen MR) is 82.2 cm³/mol. The van der Waals surface area contributed by atoms with Crippen molar-refractivity contribution in [3.63, 3.8) is 0 Å². The first kappa shape index (κ1) is 13.5. The van der Waals surface area contributed by atoms with Crippen LogP contribution in [-0.2, 0) is 0 Å². The Labute approximate surface area is 132 Å². The van der Waals surface area contributed by atoms with Gasteiger partial charge in [0.2, 0.25) is 13.6 Å². The van der Waals surface area contributed by atoms with Crippen LogP contribution in [-0.4, -0.2) is 19.4 Å². The van der Waals surface area contributed by atoms with E-state index in [-0.39, 0.29) is 19.4 Å². The quantitative estimate of drug-likeness (QED) is 0.692. The number of carbonyl (C=O) groups excluding carboxylic acids is 1. The first-order chi connectivity index (χ1) is 11.3. The van der Waals surface area contributed by atoms with Crippen molar-refractivity contribution in [2.24, 2.45) is 0 Å². The molecule has 0 aromatic heterocycles. The summed E-state index contributed by atoms with van der Waals surface area (Å²) in [4.78, 5) is 12.2. The highest BCUT2D eigenvalue weighted by molar-refractivity contribution is 6.05. The third kappa shape index (κ3) is 2.66. The van der Waals surface area contributed by atoms with Gasteiger partial charge in [-0.25, -0.2) is 0 Å². The van der Waals surface area contributed by atoms with Crippen LogP contribution in [0, 0.1) is 0 Å². The summed E-state index contributed by atoms with van der Waals surface area (Å²) in [5.74, 6) is 2.52. The summed E-state index contributed by atoms with van der Waals surface area (Å²) in [7, 11) is 0. The Morgan fingerprint density at radius 1 is 0.870 bits per heavy atom. The molecule has 2 aliphatic rings. The molecule has 23 heavy (non-hydrogen) atoms. The molecule has 0 amide bonds. The topological polar surface area (TPSA) is 66.0 Å². The number of hydrogen-bond donors (Lipinski definition) is 1. The predicted octanol–water partition coefficient (Wildman–Crippen LogP) is 2.95. The Morgan fingerprint density at radius 3 is 2.30 bits per heavy atom. The summed E-state index contributed by atoms with van der Waals surface area (Å²) < 4.78 is 21.0. The number of carbonyl (C=O) groups is 1. The zero-order chi connectivity index (χ0) is 15.6. The monoisotopic (exact) mass is 311 g/mol. The van der Waals surface area contributed by atoms with Crippen LogP contribution in [0.2, 0.25) is 0 Å². The highest BCUT2D eigenvalue weighted by Crippen LogP contribution is 2.34. The number of benzene rings is 2. The Morgan fingerprint density at radius 2 is 1.52 bits per heavy atom. The molecule has 0 saturated carbocycles. The van der Waals surface area contributed by atoms with E-state index < -0.39 is 0 Å². The summed E-state index contributed by atoms with van der Waals surface area (Å²) in [5.41, 5.74) is 1.35. The molecule has 2 heterocycles. The second-order valence-electron chi connectivity index (χ2n) is 4.98. The smallest absolute Gasteiger partial charge is 0.231 e. The van der Waals surface area contributed by atoms with Crippen LogP contribution < -0.4 is 24.3 Å². The fourth-order valence-corrected chi connectivity index (χ4v) is 2.35. The van der Waals surface area contributed by atoms with Gasteiger partial charge in [0.1, 0.15) is 0 Å². The lowest BCUT2D eigenvalue weighted by atomic mass is 10.1. The molecule has 0 spiro atoms. The van der Waals surface area contributed by atoms with Crippen LogP contribution in [0.25, 0.3) is 0 Å². The minimum absolute atomic E-state index is 0.128. The van der Waals surface area contributed by atoms with Gasteiger partial charge in [0, 0.05) is 29.6 Å². The van der Waals surface area contributed by atoms with E-state index in [4.69, 9.17) is 18.9 Å². The van der Waals surface area contributed by atoms with Crippen molar-refractivity contribution < 1.29 is 23.7 Å². The van der Waals surface area contributed by atoms with Crippen LogP contribution in [0.1, 0.15) is 10.4 Å². The van der Waals surface area contributed by atoms with Crippen molar-refractivity contribution in [3.05, 3.63) is 54.2 Å². The van der Waals surface area contributed by atoms with Crippen molar-refractivity contribution in [3.8, 4) is 23.0 Å². The van der Waals surface area contributed by atoms with E-state index in [0.717, 1.165) is 11.4 Å². The molecule has 0 saturated heterocycles. The largest absolute Gasteiger partial charge is 0.454 e. The highest BCUT2D eigenvalue weighted by Gasteiger charge is 2.15. The van der Waals surface area contributed by atoms with Crippen molar-refractivity contribution in [1.29, 1.82) is 0 Å². The lowest BCUT2D eigenvalue weighted by Gasteiger charge is -2.02. The zero-order valence-corrected chi connectivity index (χ0v) is 12.1. The maximum absolute atomic E-state index is 12.2. The summed E-state index contributed by atoms with van der Waals surface area (Å²) in [5, 5.41) is 3.03.